The fraction of sp³-hybridized carbons (Fsp3) is 0.529. The van der Waals surface area contributed by atoms with Gasteiger partial charge in [-0.2, -0.15) is 4.68 Å². The summed E-state index contributed by atoms with van der Waals surface area (Å²) in [7, 11) is 1.61. The number of piperidine rings is 1. The van der Waals surface area contributed by atoms with Crippen LogP contribution < -0.4 is 4.74 Å². The Morgan fingerprint density at radius 1 is 1.36 bits per heavy atom. The molecule has 8 heteroatoms. The smallest absolute Gasteiger partial charge is 0.233 e. The monoisotopic (exact) mass is 361 g/mol. The van der Waals surface area contributed by atoms with Crippen molar-refractivity contribution in [2.24, 2.45) is 0 Å². The third-order valence-corrected chi connectivity index (χ3v) is 5.40. The molecule has 1 aromatic carbocycles. The van der Waals surface area contributed by atoms with Crippen LogP contribution in [0.25, 0.3) is 5.69 Å². The van der Waals surface area contributed by atoms with Gasteiger partial charge in [-0.15, -0.1) is 5.10 Å². The first-order valence-corrected chi connectivity index (χ1v) is 9.57. The number of amides is 1. The lowest BCUT2D eigenvalue weighted by Gasteiger charge is -2.35. The van der Waals surface area contributed by atoms with Crippen molar-refractivity contribution in [2.75, 3.05) is 19.4 Å². The second kappa shape index (κ2) is 8.33. The number of ether oxygens (including phenoxy) is 1. The predicted octanol–water partition coefficient (Wildman–Crippen LogP) is 2.55. The summed E-state index contributed by atoms with van der Waals surface area (Å²) in [5, 5.41) is 12.5. The van der Waals surface area contributed by atoms with Gasteiger partial charge in [-0.1, -0.05) is 30.8 Å². The summed E-state index contributed by atoms with van der Waals surface area (Å²) in [5.41, 5.74) is 0.759. The molecule has 0 N–H and O–H groups in total. The van der Waals surface area contributed by atoms with E-state index in [1.54, 1.807) is 11.8 Å². The normalized spacial score (nSPS) is 17.5. The van der Waals surface area contributed by atoms with Crippen LogP contribution >= 0.6 is 11.8 Å². The molecule has 0 spiro atoms. The van der Waals surface area contributed by atoms with E-state index in [0.717, 1.165) is 31.5 Å². The molecule has 2 heterocycles. The molecule has 2 aromatic rings. The van der Waals surface area contributed by atoms with Crippen molar-refractivity contribution >= 4 is 17.7 Å². The zero-order chi connectivity index (χ0) is 17.6. The number of thioether (sulfide) groups is 1. The molecule has 0 saturated carbocycles. The number of hydrogen-bond donors (Lipinski definition) is 0. The Morgan fingerprint density at radius 2 is 2.20 bits per heavy atom. The van der Waals surface area contributed by atoms with Crippen molar-refractivity contribution in [3.05, 3.63) is 24.3 Å². The second-order valence-corrected chi connectivity index (χ2v) is 6.92. The molecule has 1 fully saturated rings. The lowest BCUT2D eigenvalue weighted by molar-refractivity contribution is -0.132. The fourth-order valence-electron chi connectivity index (χ4n) is 3.19. The Hall–Kier alpha value is -2.09. The van der Waals surface area contributed by atoms with Crippen LogP contribution in [-0.4, -0.2) is 56.5 Å². The molecular formula is C17H23N5O2S. The average Bonchev–Trinajstić information content (AvgIpc) is 3.14. The average molecular weight is 361 g/mol. The minimum Gasteiger partial charge on any atom is -0.494 e. The highest BCUT2D eigenvalue weighted by molar-refractivity contribution is 7.99. The lowest BCUT2D eigenvalue weighted by Crippen LogP contribution is -2.44. The summed E-state index contributed by atoms with van der Waals surface area (Å²) in [6, 6.07) is 7.91. The third-order valence-electron chi connectivity index (χ3n) is 4.50. The van der Waals surface area contributed by atoms with Crippen LogP contribution in [0.1, 0.15) is 32.6 Å². The maximum absolute atomic E-state index is 12.6. The summed E-state index contributed by atoms with van der Waals surface area (Å²) < 4.78 is 6.99. The van der Waals surface area contributed by atoms with Gasteiger partial charge in [-0.3, -0.25) is 4.79 Å². The van der Waals surface area contributed by atoms with Crippen LogP contribution in [0.4, 0.5) is 0 Å². The number of nitrogens with zero attached hydrogens (tertiary/aromatic N) is 5. The second-order valence-electron chi connectivity index (χ2n) is 5.98. The molecule has 0 bridgehead atoms. The van der Waals surface area contributed by atoms with Crippen LogP contribution in [0, 0.1) is 0 Å². The van der Waals surface area contributed by atoms with Gasteiger partial charge in [0.1, 0.15) is 11.4 Å². The molecule has 1 aromatic heterocycles. The van der Waals surface area contributed by atoms with Crippen LogP contribution in [0.3, 0.4) is 0 Å². The van der Waals surface area contributed by atoms with Gasteiger partial charge in [-0.25, -0.2) is 0 Å². The summed E-state index contributed by atoms with van der Waals surface area (Å²) in [4.78, 5) is 14.7. The van der Waals surface area contributed by atoms with E-state index < -0.39 is 0 Å². The Kier molecular flexibility index (Phi) is 5.91. The number of aromatic nitrogens is 4. The number of rotatable bonds is 6. The zero-order valence-electron chi connectivity index (χ0n) is 14.6. The predicted molar refractivity (Wildman–Crippen MR) is 96.1 cm³/mol. The lowest BCUT2D eigenvalue weighted by atomic mass is 10.0. The molecule has 25 heavy (non-hydrogen) atoms. The molecule has 7 nitrogen and oxygen atoms in total. The molecule has 134 valence electrons. The highest BCUT2D eigenvalue weighted by Gasteiger charge is 2.25. The van der Waals surface area contributed by atoms with Crippen LogP contribution in [0.5, 0.6) is 5.75 Å². The number of para-hydroxylation sites is 2. The van der Waals surface area contributed by atoms with Gasteiger partial charge in [-0.05, 0) is 48.2 Å². The SMILES string of the molecule is CCC1CCCCN1C(=O)CSc1nnnn1-c1ccccc1OC. The Labute approximate surface area is 151 Å². The van der Waals surface area contributed by atoms with E-state index in [1.807, 2.05) is 29.2 Å². The number of hydrogen-bond acceptors (Lipinski definition) is 6. The molecule has 0 aliphatic carbocycles. The topological polar surface area (TPSA) is 73.1 Å². The standard InChI is InChI=1S/C17H23N5O2S/c1-3-13-8-6-7-11-21(13)16(23)12-25-17-18-19-20-22(17)14-9-4-5-10-15(14)24-2/h4-5,9-10,13H,3,6-8,11-12H2,1-2H3. The molecule has 1 unspecified atom stereocenters. The summed E-state index contributed by atoms with van der Waals surface area (Å²) >= 11 is 1.36. The number of methoxy groups -OCH3 is 1. The molecular weight excluding hydrogens is 338 g/mol. The van der Waals surface area contributed by atoms with Crippen molar-refractivity contribution in [3.63, 3.8) is 0 Å². The minimum absolute atomic E-state index is 0.158. The fourth-order valence-corrected chi connectivity index (χ4v) is 3.96. The first-order valence-electron chi connectivity index (χ1n) is 8.58. The van der Waals surface area contributed by atoms with E-state index in [0.29, 0.717) is 22.7 Å². The van der Waals surface area contributed by atoms with Crippen LogP contribution in [0.15, 0.2) is 29.4 Å². The molecule has 3 rings (SSSR count). The van der Waals surface area contributed by atoms with Gasteiger partial charge in [0.2, 0.25) is 11.1 Å². The molecule has 1 aliphatic rings. The van der Waals surface area contributed by atoms with Gasteiger partial charge in [0.15, 0.2) is 0 Å². The molecule has 1 aliphatic heterocycles. The van der Waals surface area contributed by atoms with Crippen molar-refractivity contribution < 1.29 is 9.53 Å². The van der Waals surface area contributed by atoms with Gasteiger partial charge >= 0.3 is 0 Å². The van der Waals surface area contributed by atoms with Gasteiger partial charge in [0.05, 0.1) is 12.9 Å². The van der Waals surface area contributed by atoms with E-state index in [-0.39, 0.29) is 5.91 Å². The quantitative estimate of drug-likeness (QED) is 0.736. The van der Waals surface area contributed by atoms with Gasteiger partial charge in [0.25, 0.3) is 0 Å². The van der Waals surface area contributed by atoms with Crippen molar-refractivity contribution in [1.82, 2.24) is 25.1 Å². The van der Waals surface area contributed by atoms with E-state index in [4.69, 9.17) is 4.74 Å². The van der Waals surface area contributed by atoms with E-state index in [9.17, 15) is 4.79 Å². The Bertz CT molecular complexity index is 721. The largest absolute Gasteiger partial charge is 0.494 e. The van der Waals surface area contributed by atoms with Crippen molar-refractivity contribution in [3.8, 4) is 11.4 Å². The Morgan fingerprint density at radius 3 is 3.00 bits per heavy atom. The number of carbonyl (C=O) groups excluding carboxylic acids is 1. The maximum atomic E-state index is 12.6. The summed E-state index contributed by atoms with van der Waals surface area (Å²) in [6.07, 6.45) is 4.41. The van der Waals surface area contributed by atoms with Crippen molar-refractivity contribution in [2.45, 2.75) is 43.8 Å². The van der Waals surface area contributed by atoms with E-state index in [2.05, 4.69) is 22.4 Å². The minimum atomic E-state index is 0.158. The highest BCUT2D eigenvalue weighted by Crippen LogP contribution is 2.26. The number of carbonyl (C=O) groups is 1. The molecule has 1 atom stereocenters. The summed E-state index contributed by atoms with van der Waals surface area (Å²) in [6.45, 7) is 3.00. The van der Waals surface area contributed by atoms with Gasteiger partial charge < -0.3 is 9.64 Å². The Balaban J connectivity index is 1.70. The first-order chi connectivity index (χ1) is 12.2. The van der Waals surface area contributed by atoms with E-state index >= 15 is 0 Å². The number of tetrazole rings is 1. The number of likely N-dealkylation sites (tertiary alicyclic amines) is 1. The van der Waals surface area contributed by atoms with Crippen LogP contribution in [-0.2, 0) is 4.79 Å². The van der Waals surface area contributed by atoms with Crippen molar-refractivity contribution in [1.29, 1.82) is 0 Å². The molecule has 1 amide bonds. The third kappa shape index (κ3) is 3.95. The maximum Gasteiger partial charge on any atom is 0.233 e. The van der Waals surface area contributed by atoms with Crippen LogP contribution in [0.2, 0.25) is 0 Å². The molecule has 1 saturated heterocycles. The van der Waals surface area contributed by atoms with Gasteiger partial charge in [0, 0.05) is 12.6 Å². The molecule has 0 radical (unpaired) electrons. The highest BCUT2D eigenvalue weighted by atomic mass is 32.2. The zero-order valence-corrected chi connectivity index (χ0v) is 15.4. The summed E-state index contributed by atoms with van der Waals surface area (Å²) in [5.74, 6) is 1.18. The number of benzene rings is 1. The first kappa shape index (κ1) is 17.7. The van der Waals surface area contributed by atoms with E-state index in [1.165, 1.54) is 18.2 Å².